The molecule has 4 heteroatoms. The quantitative estimate of drug-likeness (QED) is 0.763. The van der Waals surface area contributed by atoms with Crippen LogP contribution in [0.2, 0.25) is 0 Å². The highest BCUT2D eigenvalue weighted by Crippen LogP contribution is 2.27. The third kappa shape index (κ3) is 2.59. The molecule has 19 heavy (non-hydrogen) atoms. The molecule has 3 nitrogen and oxygen atoms in total. The predicted molar refractivity (Wildman–Crippen MR) is 79.3 cm³/mol. The van der Waals surface area contributed by atoms with Gasteiger partial charge in [0.15, 0.2) is 0 Å². The number of anilines is 1. The Bertz CT molecular complexity index is 693. The smallest absolute Gasteiger partial charge is 0.117 e. The second kappa shape index (κ2) is 5.38. The predicted octanol–water partition coefficient (Wildman–Crippen LogP) is 3.40. The maximum atomic E-state index is 9.13. The number of benzene rings is 2. The lowest BCUT2D eigenvalue weighted by atomic mass is 10.1. The van der Waals surface area contributed by atoms with E-state index in [4.69, 9.17) is 5.11 Å². The van der Waals surface area contributed by atoms with Crippen molar-refractivity contribution in [3.63, 3.8) is 0 Å². The molecular formula is C15H14N2OS. The van der Waals surface area contributed by atoms with E-state index in [1.165, 1.54) is 11.5 Å². The van der Waals surface area contributed by atoms with Crippen molar-refractivity contribution in [3.05, 3.63) is 59.7 Å². The number of nitrogens with one attached hydrogen (secondary N) is 1. The van der Waals surface area contributed by atoms with Crippen LogP contribution in [-0.2, 0) is 13.2 Å². The third-order valence-electron chi connectivity index (χ3n) is 3.01. The van der Waals surface area contributed by atoms with Crippen LogP contribution in [-0.4, -0.2) is 9.48 Å². The number of aliphatic hydroxyl groups excluding tert-OH is 1. The maximum absolute atomic E-state index is 9.13. The summed E-state index contributed by atoms with van der Waals surface area (Å²) in [7, 11) is 0. The molecule has 2 aromatic carbocycles. The van der Waals surface area contributed by atoms with Gasteiger partial charge in [-0.1, -0.05) is 36.4 Å². The average Bonchev–Trinajstić information content (AvgIpc) is 2.89. The summed E-state index contributed by atoms with van der Waals surface area (Å²) < 4.78 is 4.40. The molecule has 0 spiro atoms. The number of hydrogen-bond acceptors (Lipinski definition) is 4. The van der Waals surface area contributed by atoms with Gasteiger partial charge in [0.05, 0.1) is 12.1 Å². The van der Waals surface area contributed by atoms with E-state index in [9.17, 15) is 0 Å². The van der Waals surface area contributed by atoms with Gasteiger partial charge in [-0.25, -0.2) is 0 Å². The summed E-state index contributed by atoms with van der Waals surface area (Å²) in [5, 5.41) is 14.8. The molecule has 1 aromatic heterocycles. The minimum atomic E-state index is 0.0807. The molecule has 0 saturated heterocycles. The largest absolute Gasteiger partial charge is 0.392 e. The van der Waals surface area contributed by atoms with Gasteiger partial charge in [-0.3, -0.25) is 0 Å². The summed E-state index contributed by atoms with van der Waals surface area (Å²) >= 11 is 1.48. The number of nitrogens with zero attached hydrogens (tertiary/aromatic N) is 1. The highest BCUT2D eigenvalue weighted by molar-refractivity contribution is 7.11. The molecule has 0 unspecified atom stereocenters. The molecule has 0 aliphatic heterocycles. The SMILES string of the molecule is OCc1cccc(CNc2snc3ccccc23)c1. The van der Waals surface area contributed by atoms with Crippen molar-refractivity contribution in [2.24, 2.45) is 0 Å². The Balaban J connectivity index is 1.78. The van der Waals surface area contributed by atoms with E-state index in [1.807, 2.05) is 36.4 Å². The van der Waals surface area contributed by atoms with E-state index in [0.717, 1.165) is 33.6 Å². The fourth-order valence-electron chi connectivity index (χ4n) is 2.04. The minimum absolute atomic E-state index is 0.0807. The monoisotopic (exact) mass is 270 g/mol. The van der Waals surface area contributed by atoms with Gasteiger partial charge in [-0.2, -0.15) is 4.37 Å². The zero-order valence-electron chi connectivity index (χ0n) is 10.3. The van der Waals surface area contributed by atoms with Crippen molar-refractivity contribution in [1.29, 1.82) is 0 Å². The number of fused-ring (bicyclic) bond motifs is 1. The van der Waals surface area contributed by atoms with Gasteiger partial charge in [-0.05, 0) is 34.8 Å². The van der Waals surface area contributed by atoms with Gasteiger partial charge < -0.3 is 10.4 Å². The molecule has 0 saturated carbocycles. The normalized spacial score (nSPS) is 10.8. The lowest BCUT2D eigenvalue weighted by molar-refractivity contribution is 0.281. The van der Waals surface area contributed by atoms with Crippen LogP contribution in [0.5, 0.6) is 0 Å². The van der Waals surface area contributed by atoms with E-state index in [0.29, 0.717) is 0 Å². The molecule has 3 aromatic rings. The van der Waals surface area contributed by atoms with Crippen molar-refractivity contribution in [2.75, 3.05) is 5.32 Å². The Morgan fingerprint density at radius 3 is 2.79 bits per heavy atom. The van der Waals surface area contributed by atoms with Crippen LogP contribution in [0.4, 0.5) is 5.00 Å². The van der Waals surface area contributed by atoms with Crippen LogP contribution in [0.3, 0.4) is 0 Å². The Kier molecular flexibility index (Phi) is 3.44. The first-order chi connectivity index (χ1) is 9.36. The molecule has 0 aliphatic rings. The van der Waals surface area contributed by atoms with Crippen LogP contribution < -0.4 is 5.32 Å². The van der Waals surface area contributed by atoms with Crippen molar-refractivity contribution in [2.45, 2.75) is 13.2 Å². The van der Waals surface area contributed by atoms with E-state index >= 15 is 0 Å². The van der Waals surface area contributed by atoms with Crippen LogP contribution in [0.15, 0.2) is 48.5 Å². The molecule has 3 rings (SSSR count). The summed E-state index contributed by atoms with van der Waals surface area (Å²) in [6, 6.07) is 16.1. The van der Waals surface area contributed by atoms with E-state index in [2.05, 4.69) is 21.8 Å². The Morgan fingerprint density at radius 1 is 1.05 bits per heavy atom. The first-order valence-corrected chi connectivity index (χ1v) is 6.91. The average molecular weight is 270 g/mol. The summed E-state index contributed by atoms with van der Waals surface area (Å²) in [5.41, 5.74) is 3.12. The van der Waals surface area contributed by atoms with Crippen LogP contribution in [0.25, 0.3) is 10.9 Å². The standard InChI is InChI=1S/C15H14N2OS/c18-10-12-5-3-4-11(8-12)9-16-15-13-6-1-2-7-14(13)17-19-15/h1-8,16,18H,9-10H2. The van der Waals surface area contributed by atoms with E-state index < -0.39 is 0 Å². The van der Waals surface area contributed by atoms with Gasteiger partial charge in [0.25, 0.3) is 0 Å². The summed E-state index contributed by atoms with van der Waals surface area (Å²) in [4.78, 5) is 0. The number of aliphatic hydroxyl groups is 1. The molecule has 0 radical (unpaired) electrons. The highest BCUT2D eigenvalue weighted by atomic mass is 32.1. The summed E-state index contributed by atoms with van der Waals surface area (Å²) in [6.07, 6.45) is 0. The van der Waals surface area contributed by atoms with Crippen molar-refractivity contribution < 1.29 is 5.11 Å². The fraction of sp³-hybridized carbons (Fsp3) is 0.133. The molecule has 0 bridgehead atoms. The molecular weight excluding hydrogens is 256 g/mol. The molecule has 0 amide bonds. The Morgan fingerprint density at radius 2 is 1.89 bits per heavy atom. The zero-order chi connectivity index (χ0) is 13.1. The molecule has 96 valence electrons. The number of rotatable bonds is 4. The lowest BCUT2D eigenvalue weighted by Gasteiger charge is -2.05. The minimum Gasteiger partial charge on any atom is -0.392 e. The second-order valence-corrected chi connectivity index (χ2v) is 5.13. The van der Waals surface area contributed by atoms with Crippen LogP contribution >= 0.6 is 11.5 Å². The lowest BCUT2D eigenvalue weighted by Crippen LogP contribution is -1.98. The Hall–Kier alpha value is -1.91. The highest BCUT2D eigenvalue weighted by Gasteiger charge is 2.04. The molecule has 1 heterocycles. The van der Waals surface area contributed by atoms with E-state index in [-0.39, 0.29) is 6.61 Å². The first-order valence-electron chi connectivity index (χ1n) is 6.14. The second-order valence-electron chi connectivity index (χ2n) is 4.36. The van der Waals surface area contributed by atoms with Gasteiger partial charge >= 0.3 is 0 Å². The summed E-state index contributed by atoms with van der Waals surface area (Å²) in [5.74, 6) is 0. The van der Waals surface area contributed by atoms with Gasteiger partial charge in [0, 0.05) is 11.9 Å². The first kappa shape index (κ1) is 12.1. The maximum Gasteiger partial charge on any atom is 0.117 e. The number of hydrogen-bond donors (Lipinski definition) is 2. The zero-order valence-corrected chi connectivity index (χ0v) is 11.2. The third-order valence-corrected chi connectivity index (χ3v) is 3.85. The fourth-order valence-corrected chi connectivity index (χ4v) is 2.79. The molecule has 2 N–H and O–H groups in total. The van der Waals surface area contributed by atoms with E-state index in [1.54, 1.807) is 0 Å². The van der Waals surface area contributed by atoms with Crippen LogP contribution in [0, 0.1) is 0 Å². The van der Waals surface area contributed by atoms with Crippen LogP contribution in [0.1, 0.15) is 11.1 Å². The molecule has 0 aliphatic carbocycles. The van der Waals surface area contributed by atoms with Crippen molar-refractivity contribution in [1.82, 2.24) is 4.37 Å². The van der Waals surface area contributed by atoms with Gasteiger partial charge in [0.1, 0.15) is 5.00 Å². The van der Waals surface area contributed by atoms with Crippen molar-refractivity contribution >= 4 is 27.4 Å². The molecule has 0 atom stereocenters. The molecule has 0 fully saturated rings. The number of aromatic nitrogens is 1. The van der Waals surface area contributed by atoms with Gasteiger partial charge in [-0.15, -0.1) is 0 Å². The summed E-state index contributed by atoms with van der Waals surface area (Å²) in [6.45, 7) is 0.817. The topological polar surface area (TPSA) is 45.1 Å². The van der Waals surface area contributed by atoms with Crippen molar-refractivity contribution in [3.8, 4) is 0 Å². The Labute approximate surface area is 115 Å². The van der Waals surface area contributed by atoms with Gasteiger partial charge in [0.2, 0.25) is 0 Å².